The van der Waals surface area contributed by atoms with Gasteiger partial charge in [-0.3, -0.25) is 9.69 Å². The molecule has 0 aromatic heterocycles. The van der Waals surface area contributed by atoms with Gasteiger partial charge in [0.1, 0.15) is 5.54 Å². The number of amides is 3. The molecule has 1 atom stereocenters. The first-order valence-electron chi connectivity index (χ1n) is 10.7. The summed E-state index contributed by atoms with van der Waals surface area (Å²) in [6.07, 6.45) is -1.97. The van der Waals surface area contributed by atoms with Crippen molar-refractivity contribution < 1.29 is 32.7 Å². The number of piperidine rings is 1. The van der Waals surface area contributed by atoms with Gasteiger partial charge in [-0.1, -0.05) is 42.5 Å². The fourth-order valence-electron chi connectivity index (χ4n) is 4.23. The van der Waals surface area contributed by atoms with Crippen LogP contribution >= 0.6 is 0 Å². The molecule has 2 aliphatic rings. The lowest BCUT2D eigenvalue weighted by molar-refractivity contribution is -0.192. The summed E-state index contributed by atoms with van der Waals surface area (Å²) >= 11 is 0. The highest BCUT2D eigenvalue weighted by molar-refractivity contribution is 6.09. The van der Waals surface area contributed by atoms with Crippen LogP contribution in [0.5, 0.6) is 0 Å². The number of imide groups is 1. The monoisotopic (exact) mass is 465 g/mol. The second-order valence-corrected chi connectivity index (χ2v) is 8.32. The van der Waals surface area contributed by atoms with Gasteiger partial charge in [0.2, 0.25) is 0 Å². The third-order valence-electron chi connectivity index (χ3n) is 6.07. The molecule has 2 aromatic carbocycles. The molecule has 0 radical (unpaired) electrons. The zero-order valence-electron chi connectivity index (χ0n) is 18.1. The second kappa shape index (κ2) is 9.78. The third-order valence-corrected chi connectivity index (χ3v) is 6.07. The van der Waals surface area contributed by atoms with Gasteiger partial charge in [0.05, 0.1) is 0 Å². The molecule has 0 spiro atoms. The number of carboxylic acids is 1. The Morgan fingerprint density at radius 1 is 1.12 bits per heavy atom. The highest BCUT2D eigenvalue weighted by atomic mass is 19.4. The Hall–Kier alpha value is -3.14. The molecule has 2 aromatic rings. The molecule has 2 heterocycles. The van der Waals surface area contributed by atoms with E-state index in [2.05, 4.69) is 10.6 Å². The molecule has 0 bridgehead atoms. The van der Waals surface area contributed by atoms with E-state index >= 15 is 0 Å². The lowest BCUT2D eigenvalue weighted by Gasteiger charge is -2.26. The zero-order valence-corrected chi connectivity index (χ0v) is 18.1. The SMILES string of the molecule is CC1(c2cccc3ccccc23)NC(=O)N(CCC2CCNCC2)C1=O.O=C(O)C(F)(F)F. The molecule has 33 heavy (non-hydrogen) atoms. The molecule has 0 saturated carbocycles. The van der Waals surface area contributed by atoms with Crippen LogP contribution in [0, 0.1) is 5.92 Å². The van der Waals surface area contributed by atoms with E-state index in [9.17, 15) is 22.8 Å². The number of benzene rings is 2. The van der Waals surface area contributed by atoms with Crippen LogP contribution in [-0.2, 0) is 15.1 Å². The minimum Gasteiger partial charge on any atom is -0.475 e. The fourth-order valence-corrected chi connectivity index (χ4v) is 4.23. The fraction of sp³-hybridized carbons (Fsp3) is 0.435. The largest absolute Gasteiger partial charge is 0.490 e. The average Bonchev–Trinajstić information content (AvgIpc) is 3.01. The van der Waals surface area contributed by atoms with Crippen LogP contribution in [0.25, 0.3) is 10.8 Å². The summed E-state index contributed by atoms with van der Waals surface area (Å²) in [4.78, 5) is 36.1. The summed E-state index contributed by atoms with van der Waals surface area (Å²) in [5.74, 6) is -2.32. The predicted molar refractivity (Wildman–Crippen MR) is 115 cm³/mol. The number of nitrogens with zero attached hydrogens (tertiary/aromatic N) is 1. The molecular weight excluding hydrogens is 439 g/mol. The molecule has 3 N–H and O–H groups in total. The number of hydrogen-bond donors (Lipinski definition) is 3. The highest BCUT2D eigenvalue weighted by Gasteiger charge is 2.49. The van der Waals surface area contributed by atoms with Crippen molar-refractivity contribution in [2.75, 3.05) is 19.6 Å². The molecule has 3 amide bonds. The molecule has 0 aliphatic carbocycles. The predicted octanol–water partition coefficient (Wildman–Crippen LogP) is 3.63. The maximum atomic E-state index is 13.2. The smallest absolute Gasteiger partial charge is 0.475 e. The van der Waals surface area contributed by atoms with Crippen LogP contribution in [-0.4, -0.2) is 53.7 Å². The van der Waals surface area contributed by atoms with Crippen molar-refractivity contribution in [2.24, 2.45) is 5.92 Å². The lowest BCUT2D eigenvalue weighted by Crippen LogP contribution is -2.41. The van der Waals surface area contributed by atoms with Crippen LogP contribution in [0.15, 0.2) is 42.5 Å². The number of halogens is 3. The molecule has 178 valence electrons. The summed E-state index contributed by atoms with van der Waals surface area (Å²) < 4.78 is 31.7. The Morgan fingerprint density at radius 3 is 2.36 bits per heavy atom. The van der Waals surface area contributed by atoms with E-state index in [1.165, 1.54) is 4.90 Å². The normalized spacial score (nSPS) is 21.5. The topological polar surface area (TPSA) is 98.7 Å². The van der Waals surface area contributed by atoms with Crippen LogP contribution < -0.4 is 10.6 Å². The molecule has 2 fully saturated rings. The number of aliphatic carboxylic acids is 1. The van der Waals surface area contributed by atoms with Gasteiger partial charge in [0, 0.05) is 6.54 Å². The minimum absolute atomic E-state index is 0.146. The Balaban J connectivity index is 0.000000383. The van der Waals surface area contributed by atoms with Gasteiger partial charge in [0.15, 0.2) is 0 Å². The summed E-state index contributed by atoms with van der Waals surface area (Å²) in [6, 6.07) is 13.6. The number of alkyl halides is 3. The van der Waals surface area contributed by atoms with Crippen molar-refractivity contribution in [3.8, 4) is 0 Å². The number of hydrogen-bond acceptors (Lipinski definition) is 4. The number of fused-ring (bicyclic) bond motifs is 1. The van der Waals surface area contributed by atoms with Gasteiger partial charge in [-0.15, -0.1) is 0 Å². The summed E-state index contributed by atoms with van der Waals surface area (Å²) in [5.41, 5.74) is -0.148. The van der Waals surface area contributed by atoms with Crippen molar-refractivity contribution >= 4 is 28.7 Å². The first-order valence-corrected chi connectivity index (χ1v) is 10.7. The van der Waals surface area contributed by atoms with E-state index in [0.717, 1.165) is 48.7 Å². The molecule has 1 unspecified atom stereocenters. The number of carbonyl (C=O) groups is 3. The number of rotatable bonds is 4. The highest BCUT2D eigenvalue weighted by Crippen LogP contribution is 2.34. The number of nitrogens with one attached hydrogen (secondary N) is 2. The summed E-state index contributed by atoms with van der Waals surface area (Å²) in [6.45, 7) is 4.37. The van der Waals surface area contributed by atoms with Crippen LogP contribution in [0.3, 0.4) is 0 Å². The molecule has 10 heteroatoms. The standard InChI is InChI=1S/C21H25N3O2.C2HF3O2/c1-21(18-8-4-6-16-5-2-3-7-17(16)18)19(25)24(20(26)23-21)14-11-15-9-12-22-13-10-15;3-2(4,5)1(6)7/h2-8,15,22H,9-14H2,1H3,(H,23,26);(H,6,7). The Kier molecular flexibility index (Phi) is 7.26. The van der Waals surface area contributed by atoms with Crippen molar-refractivity contribution in [3.63, 3.8) is 0 Å². The number of carbonyl (C=O) groups excluding carboxylic acids is 2. The summed E-state index contributed by atoms with van der Waals surface area (Å²) in [7, 11) is 0. The van der Waals surface area contributed by atoms with Crippen LogP contribution in [0.4, 0.5) is 18.0 Å². The Morgan fingerprint density at radius 2 is 1.73 bits per heavy atom. The van der Waals surface area contributed by atoms with Crippen molar-refractivity contribution in [2.45, 2.75) is 37.9 Å². The van der Waals surface area contributed by atoms with Gasteiger partial charge in [-0.05, 0) is 61.5 Å². The first-order chi connectivity index (χ1) is 15.5. The third kappa shape index (κ3) is 5.44. The minimum atomic E-state index is -5.08. The average molecular weight is 465 g/mol. The quantitative estimate of drug-likeness (QED) is 0.599. The van der Waals surface area contributed by atoms with E-state index in [1.54, 1.807) is 0 Å². The van der Waals surface area contributed by atoms with E-state index < -0.39 is 17.7 Å². The van der Waals surface area contributed by atoms with Gasteiger partial charge < -0.3 is 15.7 Å². The second-order valence-electron chi connectivity index (χ2n) is 8.32. The van der Waals surface area contributed by atoms with E-state index in [-0.39, 0.29) is 11.9 Å². The van der Waals surface area contributed by atoms with E-state index in [4.69, 9.17) is 9.90 Å². The molecule has 4 rings (SSSR count). The Bertz CT molecular complexity index is 1030. The molecule has 2 saturated heterocycles. The van der Waals surface area contributed by atoms with E-state index in [1.807, 2.05) is 49.4 Å². The maximum absolute atomic E-state index is 13.2. The van der Waals surface area contributed by atoms with E-state index in [0.29, 0.717) is 12.5 Å². The van der Waals surface area contributed by atoms with Crippen LogP contribution in [0.1, 0.15) is 31.7 Å². The molecule has 7 nitrogen and oxygen atoms in total. The van der Waals surface area contributed by atoms with Gasteiger partial charge in [-0.25, -0.2) is 9.59 Å². The number of carboxylic acid groups (broad SMARTS) is 1. The van der Waals surface area contributed by atoms with Gasteiger partial charge >= 0.3 is 18.2 Å². The molecular formula is C23H26F3N3O4. The van der Waals surface area contributed by atoms with Crippen LogP contribution in [0.2, 0.25) is 0 Å². The van der Waals surface area contributed by atoms with Gasteiger partial charge in [0.25, 0.3) is 5.91 Å². The summed E-state index contributed by atoms with van der Waals surface area (Å²) in [5, 5.41) is 15.5. The molecule has 2 aliphatic heterocycles. The van der Waals surface area contributed by atoms with Gasteiger partial charge in [-0.2, -0.15) is 13.2 Å². The van der Waals surface area contributed by atoms with Crippen molar-refractivity contribution in [3.05, 3.63) is 48.0 Å². The zero-order chi connectivity index (χ0) is 24.2. The number of urea groups is 1. The maximum Gasteiger partial charge on any atom is 0.490 e. The lowest BCUT2D eigenvalue weighted by atomic mass is 9.87. The van der Waals surface area contributed by atoms with Crippen molar-refractivity contribution in [1.29, 1.82) is 0 Å². The van der Waals surface area contributed by atoms with Crippen molar-refractivity contribution in [1.82, 2.24) is 15.5 Å². The Labute approximate surface area is 188 Å². The first kappa shape index (κ1) is 24.5.